The predicted molar refractivity (Wildman–Crippen MR) is 45.7 cm³/mol. The highest BCUT2D eigenvalue weighted by atomic mass is 16.5. The number of ether oxygens (including phenoxy) is 1. The van der Waals surface area contributed by atoms with Crippen LogP contribution in [0, 0.1) is 0 Å². The molecular formula is C8H16N2O2. The second-order valence-electron chi connectivity index (χ2n) is 2.97. The highest BCUT2D eigenvalue weighted by Crippen LogP contribution is 1.99. The fraction of sp³-hybridized carbons (Fsp3) is 0.875. The van der Waals surface area contributed by atoms with Gasteiger partial charge in [0.05, 0.1) is 19.3 Å². The Balaban J connectivity index is 2.25. The van der Waals surface area contributed by atoms with Crippen molar-refractivity contribution in [1.82, 2.24) is 10.2 Å². The topological polar surface area (TPSA) is 41.6 Å². The molecule has 0 saturated carbocycles. The van der Waals surface area contributed by atoms with Gasteiger partial charge in [-0.25, -0.2) is 0 Å². The van der Waals surface area contributed by atoms with Crippen molar-refractivity contribution in [1.29, 1.82) is 0 Å². The number of hydrogen-bond acceptors (Lipinski definition) is 3. The summed E-state index contributed by atoms with van der Waals surface area (Å²) >= 11 is 0. The molecule has 1 fully saturated rings. The van der Waals surface area contributed by atoms with Crippen molar-refractivity contribution in [2.24, 2.45) is 0 Å². The average Bonchev–Trinajstić information content (AvgIpc) is 2.37. The lowest BCUT2D eigenvalue weighted by molar-refractivity contribution is -0.128. The van der Waals surface area contributed by atoms with Gasteiger partial charge < -0.3 is 9.64 Å². The standard InChI is InChI=1S/C8H16N2O2/c1-3-12-7(2)5-10-6-9-4-8(10)11/h7,9H,3-6H2,1-2H3. The van der Waals surface area contributed by atoms with Crippen molar-refractivity contribution in [3.63, 3.8) is 0 Å². The zero-order valence-electron chi connectivity index (χ0n) is 7.67. The Labute approximate surface area is 72.9 Å². The van der Waals surface area contributed by atoms with E-state index in [1.165, 1.54) is 0 Å². The van der Waals surface area contributed by atoms with E-state index in [1.54, 1.807) is 4.90 Å². The van der Waals surface area contributed by atoms with Crippen molar-refractivity contribution in [3.8, 4) is 0 Å². The number of amides is 1. The van der Waals surface area contributed by atoms with Crippen LogP contribution in [0.1, 0.15) is 13.8 Å². The van der Waals surface area contributed by atoms with E-state index >= 15 is 0 Å². The van der Waals surface area contributed by atoms with Gasteiger partial charge in [-0.2, -0.15) is 0 Å². The molecule has 70 valence electrons. The number of hydrogen-bond donors (Lipinski definition) is 1. The van der Waals surface area contributed by atoms with E-state index in [4.69, 9.17) is 4.74 Å². The van der Waals surface area contributed by atoms with Crippen LogP contribution >= 0.6 is 0 Å². The number of rotatable bonds is 4. The lowest BCUT2D eigenvalue weighted by Crippen LogP contribution is -2.34. The Kier molecular flexibility index (Phi) is 3.49. The van der Waals surface area contributed by atoms with Crippen molar-refractivity contribution in [2.75, 3.05) is 26.4 Å². The van der Waals surface area contributed by atoms with Crippen molar-refractivity contribution < 1.29 is 9.53 Å². The Morgan fingerprint density at radius 1 is 1.75 bits per heavy atom. The maximum Gasteiger partial charge on any atom is 0.237 e. The first-order valence-corrected chi connectivity index (χ1v) is 4.34. The highest BCUT2D eigenvalue weighted by molar-refractivity contribution is 5.79. The summed E-state index contributed by atoms with van der Waals surface area (Å²) in [4.78, 5) is 12.9. The second-order valence-corrected chi connectivity index (χ2v) is 2.97. The fourth-order valence-electron chi connectivity index (χ4n) is 1.31. The summed E-state index contributed by atoms with van der Waals surface area (Å²) in [5.41, 5.74) is 0. The molecule has 1 heterocycles. The van der Waals surface area contributed by atoms with Crippen LogP contribution in [-0.2, 0) is 9.53 Å². The number of carbonyl (C=O) groups is 1. The predicted octanol–water partition coefficient (Wildman–Crippen LogP) is -0.199. The molecule has 4 heteroatoms. The molecule has 0 radical (unpaired) electrons. The zero-order valence-corrected chi connectivity index (χ0v) is 7.67. The largest absolute Gasteiger partial charge is 0.377 e. The third-order valence-corrected chi connectivity index (χ3v) is 1.86. The van der Waals surface area contributed by atoms with E-state index in [0.717, 1.165) is 0 Å². The summed E-state index contributed by atoms with van der Waals surface area (Å²) < 4.78 is 5.33. The fourth-order valence-corrected chi connectivity index (χ4v) is 1.31. The molecule has 12 heavy (non-hydrogen) atoms. The van der Waals surface area contributed by atoms with E-state index < -0.39 is 0 Å². The molecule has 1 unspecified atom stereocenters. The van der Waals surface area contributed by atoms with Crippen molar-refractivity contribution >= 4 is 5.91 Å². The maximum atomic E-state index is 11.1. The molecule has 1 N–H and O–H groups in total. The minimum absolute atomic E-state index is 0.138. The number of carbonyl (C=O) groups excluding carboxylic acids is 1. The molecule has 0 spiro atoms. The Bertz CT molecular complexity index is 161. The van der Waals surface area contributed by atoms with Crippen LogP contribution in [0.4, 0.5) is 0 Å². The van der Waals surface area contributed by atoms with Gasteiger partial charge in [0.1, 0.15) is 0 Å². The summed E-state index contributed by atoms with van der Waals surface area (Å²) in [6.45, 7) is 6.47. The molecule has 1 rings (SSSR count). The number of nitrogens with zero attached hydrogens (tertiary/aromatic N) is 1. The lowest BCUT2D eigenvalue weighted by atomic mass is 10.3. The van der Waals surface area contributed by atoms with E-state index in [1.807, 2.05) is 13.8 Å². The van der Waals surface area contributed by atoms with Gasteiger partial charge in [-0.3, -0.25) is 10.1 Å². The van der Waals surface area contributed by atoms with Crippen molar-refractivity contribution in [2.45, 2.75) is 20.0 Å². The smallest absolute Gasteiger partial charge is 0.237 e. The first kappa shape index (κ1) is 9.48. The summed E-state index contributed by atoms with van der Waals surface area (Å²) in [7, 11) is 0. The summed E-state index contributed by atoms with van der Waals surface area (Å²) in [5, 5.41) is 2.99. The third kappa shape index (κ3) is 2.46. The van der Waals surface area contributed by atoms with Gasteiger partial charge in [0, 0.05) is 13.2 Å². The Hall–Kier alpha value is -0.610. The van der Waals surface area contributed by atoms with E-state index in [2.05, 4.69) is 5.32 Å². The molecule has 4 nitrogen and oxygen atoms in total. The molecule has 0 aromatic heterocycles. The quantitative estimate of drug-likeness (QED) is 0.638. The normalized spacial score (nSPS) is 20.2. The van der Waals surface area contributed by atoms with Gasteiger partial charge in [0.2, 0.25) is 5.91 Å². The maximum absolute atomic E-state index is 11.1. The molecule has 1 aliphatic heterocycles. The molecule has 1 amide bonds. The van der Waals surface area contributed by atoms with Gasteiger partial charge in [-0.15, -0.1) is 0 Å². The number of nitrogens with one attached hydrogen (secondary N) is 1. The van der Waals surface area contributed by atoms with Crippen LogP contribution in [0.3, 0.4) is 0 Å². The Morgan fingerprint density at radius 3 is 3.00 bits per heavy atom. The van der Waals surface area contributed by atoms with Gasteiger partial charge in [-0.05, 0) is 13.8 Å². The summed E-state index contributed by atoms with van der Waals surface area (Å²) in [5.74, 6) is 0.168. The van der Waals surface area contributed by atoms with Crippen LogP contribution in [0.5, 0.6) is 0 Å². The molecular weight excluding hydrogens is 156 g/mol. The SMILES string of the molecule is CCOC(C)CN1CNCC1=O. The van der Waals surface area contributed by atoms with E-state index in [-0.39, 0.29) is 12.0 Å². The minimum atomic E-state index is 0.138. The van der Waals surface area contributed by atoms with Crippen molar-refractivity contribution in [3.05, 3.63) is 0 Å². The molecule has 0 aliphatic carbocycles. The lowest BCUT2D eigenvalue weighted by Gasteiger charge is -2.19. The zero-order chi connectivity index (χ0) is 8.97. The molecule has 1 saturated heterocycles. The first-order valence-electron chi connectivity index (χ1n) is 4.34. The summed E-state index contributed by atoms with van der Waals surface area (Å²) in [6.07, 6.45) is 0.138. The third-order valence-electron chi connectivity index (χ3n) is 1.86. The summed E-state index contributed by atoms with van der Waals surface area (Å²) in [6, 6.07) is 0. The van der Waals surface area contributed by atoms with Crippen LogP contribution in [-0.4, -0.2) is 43.3 Å². The van der Waals surface area contributed by atoms with Gasteiger partial charge in [-0.1, -0.05) is 0 Å². The van der Waals surface area contributed by atoms with E-state index in [9.17, 15) is 4.79 Å². The van der Waals surface area contributed by atoms with Gasteiger partial charge in [0.25, 0.3) is 0 Å². The average molecular weight is 172 g/mol. The molecule has 0 aromatic rings. The van der Waals surface area contributed by atoms with Crippen LogP contribution in [0.25, 0.3) is 0 Å². The molecule has 0 bridgehead atoms. The Morgan fingerprint density at radius 2 is 2.50 bits per heavy atom. The molecule has 1 aliphatic rings. The van der Waals surface area contributed by atoms with Crippen LogP contribution in [0.15, 0.2) is 0 Å². The van der Waals surface area contributed by atoms with Gasteiger partial charge in [0.15, 0.2) is 0 Å². The van der Waals surface area contributed by atoms with E-state index in [0.29, 0.717) is 26.4 Å². The monoisotopic (exact) mass is 172 g/mol. The molecule has 1 atom stereocenters. The molecule has 0 aromatic carbocycles. The minimum Gasteiger partial charge on any atom is -0.377 e. The second kappa shape index (κ2) is 4.42. The van der Waals surface area contributed by atoms with Crippen LogP contribution in [0.2, 0.25) is 0 Å². The highest BCUT2D eigenvalue weighted by Gasteiger charge is 2.20. The van der Waals surface area contributed by atoms with Gasteiger partial charge >= 0.3 is 0 Å². The van der Waals surface area contributed by atoms with Crippen LogP contribution < -0.4 is 5.32 Å². The first-order chi connectivity index (χ1) is 5.74.